The first-order chi connectivity index (χ1) is 10.7. The van der Waals surface area contributed by atoms with E-state index in [1.807, 2.05) is 0 Å². The predicted molar refractivity (Wildman–Crippen MR) is 83.7 cm³/mol. The largest absolute Gasteiger partial charge is 0.539 e. The Kier molecular flexibility index (Phi) is 6.14. The van der Waals surface area contributed by atoms with Gasteiger partial charge < -0.3 is 29.2 Å². The Morgan fingerprint density at radius 1 is 0.773 bits per heavy atom. The summed E-state index contributed by atoms with van der Waals surface area (Å²) in [7, 11) is -1.84. The Balaban J connectivity index is 1.72. The Bertz CT molecular complexity index is 559. The van der Waals surface area contributed by atoms with E-state index in [0.29, 0.717) is 35.9 Å². The monoisotopic (exact) mass is 302 g/mol. The molecule has 0 aliphatic rings. The molecule has 0 aliphatic heterocycles. The third kappa shape index (κ3) is 5.00. The molecule has 114 valence electrons. The molecule has 0 spiro atoms. The molecular weight excluding hydrogens is 286 g/mol. The highest BCUT2D eigenvalue weighted by Gasteiger charge is 2.09. The fourth-order valence-electron chi connectivity index (χ4n) is 1.76. The average Bonchev–Trinajstić information content (AvgIpc) is 2.54. The first-order valence-electron chi connectivity index (χ1n) is 6.74. The summed E-state index contributed by atoms with van der Waals surface area (Å²) >= 11 is 0. The summed E-state index contributed by atoms with van der Waals surface area (Å²) in [6.45, 7) is 0.723. The first-order valence-corrected chi connectivity index (χ1v) is 6.74. The molecule has 0 saturated heterocycles. The molecule has 0 aromatic heterocycles. The van der Waals surface area contributed by atoms with Crippen LogP contribution in [0.4, 0.5) is 0 Å². The molecule has 2 rings (SSSR count). The van der Waals surface area contributed by atoms with E-state index >= 15 is 0 Å². The molecule has 0 radical (unpaired) electrons. The molecule has 0 atom stereocenters. The molecule has 3 N–H and O–H groups in total. The highest BCUT2D eigenvalue weighted by Crippen LogP contribution is 2.17. The molecule has 0 amide bonds. The van der Waals surface area contributed by atoms with Crippen molar-refractivity contribution < 1.29 is 29.2 Å². The van der Waals surface area contributed by atoms with Crippen molar-refractivity contribution in [3.05, 3.63) is 48.5 Å². The van der Waals surface area contributed by atoms with Crippen LogP contribution in [0.1, 0.15) is 0 Å². The second-order valence-electron chi connectivity index (χ2n) is 4.38. The fraction of sp³-hybridized carbons (Fsp3) is 0.143. The highest BCUT2D eigenvalue weighted by atomic mass is 16.5. The first kappa shape index (κ1) is 16.2. The van der Waals surface area contributed by atoms with Crippen molar-refractivity contribution in [2.24, 2.45) is 0 Å². The maximum absolute atomic E-state index is 8.98. The Morgan fingerprint density at radius 3 is 1.68 bits per heavy atom. The topological polar surface area (TPSA) is 88.4 Å². The number of benzene rings is 2. The molecule has 0 bridgehead atoms. The van der Waals surface area contributed by atoms with Gasteiger partial charge in [-0.25, -0.2) is 0 Å². The van der Waals surface area contributed by atoms with Gasteiger partial charge in [-0.05, 0) is 41.9 Å². The lowest BCUT2D eigenvalue weighted by atomic mass is 9.80. The Morgan fingerprint density at radius 2 is 1.23 bits per heavy atom. The van der Waals surface area contributed by atoms with Crippen LogP contribution < -0.4 is 19.6 Å². The minimum absolute atomic E-state index is 0.357. The molecule has 0 unspecified atom stereocenters. The summed E-state index contributed by atoms with van der Waals surface area (Å²) in [5, 5.41) is 26.6. The summed E-state index contributed by atoms with van der Waals surface area (Å²) in [4.78, 5) is 0. The van der Waals surface area contributed by atoms with Gasteiger partial charge >= 0.3 is 14.8 Å². The Hall–Kier alpha value is -2.15. The maximum Gasteiger partial charge on any atom is 0.504 e. The SMILES string of the molecule is OBOc1ccc(OCCOc2ccc(B(O)O)cc2)cc1. The minimum Gasteiger partial charge on any atom is -0.539 e. The molecule has 6 nitrogen and oxygen atoms in total. The van der Waals surface area contributed by atoms with Crippen LogP contribution in [0, 0.1) is 0 Å². The van der Waals surface area contributed by atoms with E-state index < -0.39 is 7.12 Å². The van der Waals surface area contributed by atoms with Crippen molar-refractivity contribution in [2.75, 3.05) is 13.2 Å². The van der Waals surface area contributed by atoms with Crippen LogP contribution in [0.5, 0.6) is 17.2 Å². The molecule has 8 heteroatoms. The van der Waals surface area contributed by atoms with Crippen LogP contribution in [-0.4, -0.2) is 43.1 Å². The number of ether oxygens (including phenoxy) is 2. The number of hydrogen-bond acceptors (Lipinski definition) is 6. The van der Waals surface area contributed by atoms with Crippen LogP contribution in [0.3, 0.4) is 0 Å². The van der Waals surface area contributed by atoms with Crippen molar-refractivity contribution >= 4 is 20.3 Å². The standard InChI is InChI=1S/C14H16B2O6/c17-15-22-14-7-5-13(6-8-14)21-10-9-20-12-3-1-11(2-4-12)16(18)19/h1-8,15,17-19H,9-10H2. The van der Waals surface area contributed by atoms with Gasteiger partial charge in [0.05, 0.1) is 0 Å². The van der Waals surface area contributed by atoms with Gasteiger partial charge in [0.25, 0.3) is 0 Å². The second kappa shape index (κ2) is 8.33. The predicted octanol–water partition coefficient (Wildman–Crippen LogP) is -0.538. The normalized spacial score (nSPS) is 9.95. The van der Waals surface area contributed by atoms with Gasteiger partial charge in [-0.2, -0.15) is 0 Å². The zero-order valence-electron chi connectivity index (χ0n) is 11.9. The summed E-state index contributed by atoms with van der Waals surface area (Å²) in [6, 6.07) is 13.4. The second-order valence-corrected chi connectivity index (χ2v) is 4.38. The summed E-state index contributed by atoms with van der Waals surface area (Å²) < 4.78 is 15.9. The Labute approximate surface area is 129 Å². The van der Waals surface area contributed by atoms with Crippen molar-refractivity contribution in [1.82, 2.24) is 0 Å². The van der Waals surface area contributed by atoms with Crippen LogP contribution in [-0.2, 0) is 0 Å². The molecule has 0 fully saturated rings. The minimum atomic E-state index is -1.48. The van der Waals surface area contributed by atoms with E-state index in [2.05, 4.69) is 0 Å². The summed E-state index contributed by atoms with van der Waals surface area (Å²) in [6.07, 6.45) is 0. The smallest absolute Gasteiger partial charge is 0.504 e. The zero-order valence-corrected chi connectivity index (χ0v) is 11.9. The molecular formula is C14H16B2O6. The van der Waals surface area contributed by atoms with E-state index in [-0.39, 0.29) is 7.69 Å². The van der Waals surface area contributed by atoms with E-state index in [4.69, 9.17) is 29.2 Å². The van der Waals surface area contributed by atoms with Gasteiger partial charge in [-0.3, -0.25) is 0 Å². The lowest BCUT2D eigenvalue weighted by Crippen LogP contribution is -2.29. The van der Waals surface area contributed by atoms with Gasteiger partial charge in [-0.15, -0.1) is 0 Å². The van der Waals surface area contributed by atoms with Crippen LogP contribution in [0.15, 0.2) is 48.5 Å². The average molecular weight is 302 g/mol. The quantitative estimate of drug-likeness (QED) is 0.448. The van der Waals surface area contributed by atoms with E-state index in [1.165, 1.54) is 0 Å². The lowest BCUT2D eigenvalue weighted by molar-refractivity contribution is 0.217. The van der Waals surface area contributed by atoms with Crippen molar-refractivity contribution in [3.63, 3.8) is 0 Å². The maximum atomic E-state index is 8.98. The van der Waals surface area contributed by atoms with Crippen molar-refractivity contribution in [2.45, 2.75) is 0 Å². The third-order valence-electron chi connectivity index (χ3n) is 2.85. The van der Waals surface area contributed by atoms with Crippen LogP contribution in [0.25, 0.3) is 0 Å². The zero-order chi connectivity index (χ0) is 15.8. The van der Waals surface area contributed by atoms with Gasteiger partial charge in [-0.1, -0.05) is 12.1 Å². The molecule has 2 aromatic rings. The van der Waals surface area contributed by atoms with Gasteiger partial charge in [0, 0.05) is 0 Å². The molecule has 0 saturated carbocycles. The van der Waals surface area contributed by atoms with E-state index in [9.17, 15) is 0 Å². The number of rotatable bonds is 8. The van der Waals surface area contributed by atoms with Crippen molar-refractivity contribution in [3.8, 4) is 17.2 Å². The van der Waals surface area contributed by atoms with Gasteiger partial charge in [0.1, 0.15) is 30.5 Å². The third-order valence-corrected chi connectivity index (χ3v) is 2.85. The summed E-state index contributed by atoms with van der Waals surface area (Å²) in [5.41, 5.74) is 0.411. The highest BCUT2D eigenvalue weighted by molar-refractivity contribution is 6.58. The fourth-order valence-corrected chi connectivity index (χ4v) is 1.76. The molecule has 22 heavy (non-hydrogen) atoms. The lowest BCUT2D eigenvalue weighted by Gasteiger charge is -2.09. The van der Waals surface area contributed by atoms with Crippen LogP contribution in [0.2, 0.25) is 0 Å². The molecule has 0 heterocycles. The molecule has 0 aliphatic carbocycles. The van der Waals surface area contributed by atoms with E-state index in [1.54, 1.807) is 48.5 Å². The van der Waals surface area contributed by atoms with Crippen LogP contribution >= 0.6 is 0 Å². The van der Waals surface area contributed by atoms with Crippen molar-refractivity contribution in [1.29, 1.82) is 0 Å². The van der Waals surface area contributed by atoms with E-state index in [0.717, 1.165) is 0 Å². The molecule has 2 aromatic carbocycles. The number of hydrogen-bond donors (Lipinski definition) is 3. The van der Waals surface area contributed by atoms with Gasteiger partial charge in [0.15, 0.2) is 0 Å². The summed E-state index contributed by atoms with van der Waals surface area (Å²) in [5.74, 6) is 1.87. The van der Waals surface area contributed by atoms with Gasteiger partial charge in [0.2, 0.25) is 0 Å².